The zero-order valence-electron chi connectivity index (χ0n) is 8.74. The Morgan fingerprint density at radius 2 is 2.25 bits per heavy atom. The second-order valence-corrected chi connectivity index (χ2v) is 3.47. The maximum absolute atomic E-state index is 13.2. The lowest BCUT2D eigenvalue weighted by Gasteiger charge is -2.14. The lowest BCUT2D eigenvalue weighted by Crippen LogP contribution is -2.24. The molecular formula is C10H13F2N3O. The van der Waals surface area contributed by atoms with Crippen molar-refractivity contribution in [1.82, 2.24) is 0 Å². The molecule has 0 bridgehead atoms. The molecule has 1 aromatic carbocycles. The van der Waals surface area contributed by atoms with E-state index in [0.29, 0.717) is 0 Å². The number of nitrogens with one attached hydrogen (secondary N) is 1. The minimum atomic E-state index is -0.548. The molecule has 4 nitrogen and oxygen atoms in total. The van der Waals surface area contributed by atoms with E-state index >= 15 is 0 Å². The number of hydrogen-bond acceptors (Lipinski definition) is 3. The first-order chi connectivity index (χ1) is 7.52. The average molecular weight is 229 g/mol. The molecule has 16 heavy (non-hydrogen) atoms. The van der Waals surface area contributed by atoms with E-state index in [2.05, 4.69) is 10.5 Å². The number of amidine groups is 1. The first kappa shape index (κ1) is 12.2. The normalized spacial score (nSPS) is 13.6. The van der Waals surface area contributed by atoms with Crippen LogP contribution in [-0.4, -0.2) is 17.1 Å². The molecule has 0 saturated heterocycles. The Labute approximate surface area is 91.8 Å². The molecule has 88 valence electrons. The Balaban J connectivity index is 2.69. The van der Waals surface area contributed by atoms with E-state index < -0.39 is 11.6 Å². The smallest absolute Gasteiger partial charge is 0.146 e. The van der Waals surface area contributed by atoms with Crippen molar-refractivity contribution in [3.8, 4) is 0 Å². The third-order valence-corrected chi connectivity index (χ3v) is 1.97. The van der Waals surface area contributed by atoms with Gasteiger partial charge in [-0.1, -0.05) is 5.16 Å². The number of hydrogen-bond donors (Lipinski definition) is 3. The number of rotatable bonds is 4. The standard InChI is InChI=1S/C10H13F2N3O/c1-6(4-10(13)15-16)14-9-5-7(11)2-3-8(9)12/h2-3,5-6,14,16H,4H2,1H3,(H2,13,15). The average Bonchev–Trinajstić information content (AvgIpc) is 2.23. The minimum absolute atomic E-state index is 0.0248. The van der Waals surface area contributed by atoms with Crippen molar-refractivity contribution in [1.29, 1.82) is 0 Å². The summed E-state index contributed by atoms with van der Waals surface area (Å²) in [6.07, 6.45) is 0.229. The van der Waals surface area contributed by atoms with Crippen LogP contribution >= 0.6 is 0 Å². The van der Waals surface area contributed by atoms with E-state index in [1.54, 1.807) is 6.92 Å². The van der Waals surface area contributed by atoms with E-state index in [1.165, 1.54) is 0 Å². The summed E-state index contributed by atoms with van der Waals surface area (Å²) in [5.41, 5.74) is 5.34. The van der Waals surface area contributed by atoms with Crippen molar-refractivity contribution in [3.63, 3.8) is 0 Å². The van der Waals surface area contributed by atoms with E-state index in [0.717, 1.165) is 18.2 Å². The molecule has 0 amide bonds. The third kappa shape index (κ3) is 3.38. The predicted molar refractivity (Wildman–Crippen MR) is 57.5 cm³/mol. The fourth-order valence-corrected chi connectivity index (χ4v) is 1.28. The molecule has 6 heteroatoms. The lowest BCUT2D eigenvalue weighted by atomic mass is 10.2. The van der Waals surface area contributed by atoms with Gasteiger partial charge >= 0.3 is 0 Å². The number of benzene rings is 1. The molecule has 0 aliphatic carbocycles. The second kappa shape index (κ2) is 5.29. The summed E-state index contributed by atoms with van der Waals surface area (Å²) in [5, 5.41) is 13.9. The van der Waals surface area contributed by atoms with E-state index in [4.69, 9.17) is 10.9 Å². The van der Waals surface area contributed by atoms with Gasteiger partial charge in [-0.2, -0.15) is 0 Å². The van der Waals surface area contributed by atoms with Gasteiger partial charge in [0.15, 0.2) is 0 Å². The molecule has 0 aliphatic heterocycles. The van der Waals surface area contributed by atoms with Crippen LogP contribution in [0.3, 0.4) is 0 Å². The monoisotopic (exact) mass is 229 g/mol. The summed E-state index contributed by atoms with van der Waals surface area (Å²) in [6, 6.07) is 2.85. The Hall–Kier alpha value is -1.85. The van der Waals surface area contributed by atoms with Crippen molar-refractivity contribution in [2.75, 3.05) is 5.32 Å². The maximum atomic E-state index is 13.2. The van der Waals surface area contributed by atoms with Crippen LogP contribution in [0.15, 0.2) is 23.4 Å². The molecular weight excluding hydrogens is 216 g/mol. The van der Waals surface area contributed by atoms with Gasteiger partial charge in [-0.25, -0.2) is 8.78 Å². The minimum Gasteiger partial charge on any atom is -0.409 e. The van der Waals surface area contributed by atoms with Crippen molar-refractivity contribution in [2.45, 2.75) is 19.4 Å². The highest BCUT2D eigenvalue weighted by atomic mass is 19.1. The molecule has 1 unspecified atom stereocenters. The summed E-state index contributed by atoms with van der Waals surface area (Å²) in [6.45, 7) is 1.71. The highest BCUT2D eigenvalue weighted by Gasteiger charge is 2.09. The molecule has 4 N–H and O–H groups in total. The summed E-state index contributed by atoms with van der Waals surface area (Å²) in [4.78, 5) is 0. The largest absolute Gasteiger partial charge is 0.409 e. The number of nitrogens with zero attached hydrogens (tertiary/aromatic N) is 1. The number of anilines is 1. The van der Waals surface area contributed by atoms with Gasteiger partial charge < -0.3 is 16.3 Å². The Morgan fingerprint density at radius 1 is 1.56 bits per heavy atom. The van der Waals surface area contributed by atoms with E-state index in [1.807, 2.05) is 0 Å². The molecule has 0 saturated carbocycles. The molecule has 0 spiro atoms. The number of halogens is 2. The highest BCUT2D eigenvalue weighted by molar-refractivity contribution is 5.80. The lowest BCUT2D eigenvalue weighted by molar-refractivity contribution is 0.316. The molecule has 1 rings (SSSR count). The maximum Gasteiger partial charge on any atom is 0.146 e. The fraction of sp³-hybridized carbons (Fsp3) is 0.300. The fourth-order valence-electron chi connectivity index (χ4n) is 1.28. The first-order valence-electron chi connectivity index (χ1n) is 4.71. The van der Waals surface area contributed by atoms with Crippen molar-refractivity contribution in [2.24, 2.45) is 10.9 Å². The summed E-state index contributed by atoms with van der Waals surface area (Å²) in [5.74, 6) is -1.05. The highest BCUT2D eigenvalue weighted by Crippen LogP contribution is 2.16. The van der Waals surface area contributed by atoms with Crippen LogP contribution < -0.4 is 11.1 Å². The third-order valence-electron chi connectivity index (χ3n) is 1.97. The Bertz CT molecular complexity index is 396. The van der Waals surface area contributed by atoms with E-state index in [9.17, 15) is 8.78 Å². The molecule has 0 fully saturated rings. The van der Waals surface area contributed by atoms with Crippen LogP contribution in [0.1, 0.15) is 13.3 Å². The molecule has 0 heterocycles. The molecule has 0 aliphatic rings. The summed E-state index contributed by atoms with van der Waals surface area (Å²) in [7, 11) is 0. The zero-order valence-corrected chi connectivity index (χ0v) is 8.74. The first-order valence-corrected chi connectivity index (χ1v) is 4.71. The van der Waals surface area contributed by atoms with Gasteiger partial charge in [0, 0.05) is 12.5 Å². The summed E-state index contributed by atoms with van der Waals surface area (Å²) >= 11 is 0. The quantitative estimate of drug-likeness (QED) is 0.319. The molecule has 1 atom stereocenters. The Kier molecular flexibility index (Phi) is 4.04. The van der Waals surface area contributed by atoms with Crippen molar-refractivity contribution < 1.29 is 14.0 Å². The van der Waals surface area contributed by atoms with Crippen LogP contribution in [0.5, 0.6) is 0 Å². The zero-order chi connectivity index (χ0) is 12.1. The van der Waals surface area contributed by atoms with Crippen LogP contribution in [0.25, 0.3) is 0 Å². The second-order valence-electron chi connectivity index (χ2n) is 3.47. The van der Waals surface area contributed by atoms with Crippen molar-refractivity contribution in [3.05, 3.63) is 29.8 Å². The summed E-state index contributed by atoms with van der Waals surface area (Å²) < 4.78 is 26.0. The van der Waals surface area contributed by atoms with Gasteiger partial charge in [0.05, 0.1) is 5.69 Å². The number of nitrogens with two attached hydrogens (primary N) is 1. The van der Waals surface area contributed by atoms with Gasteiger partial charge in [0.1, 0.15) is 17.5 Å². The van der Waals surface area contributed by atoms with Crippen LogP contribution in [0.4, 0.5) is 14.5 Å². The van der Waals surface area contributed by atoms with Gasteiger partial charge in [0.2, 0.25) is 0 Å². The van der Waals surface area contributed by atoms with Gasteiger partial charge in [-0.05, 0) is 25.1 Å². The van der Waals surface area contributed by atoms with Crippen molar-refractivity contribution >= 4 is 11.5 Å². The molecule has 1 aromatic rings. The molecule has 0 aromatic heterocycles. The van der Waals surface area contributed by atoms with Crippen LogP contribution in [0, 0.1) is 11.6 Å². The van der Waals surface area contributed by atoms with Crippen LogP contribution in [0.2, 0.25) is 0 Å². The Morgan fingerprint density at radius 3 is 2.88 bits per heavy atom. The number of oxime groups is 1. The van der Waals surface area contributed by atoms with Gasteiger partial charge in [-0.3, -0.25) is 0 Å². The van der Waals surface area contributed by atoms with Gasteiger partial charge in [0.25, 0.3) is 0 Å². The SMILES string of the molecule is CC(CC(N)=NO)Nc1cc(F)ccc1F. The topological polar surface area (TPSA) is 70.6 Å². The molecule has 0 radical (unpaired) electrons. The van der Waals surface area contributed by atoms with E-state index in [-0.39, 0.29) is 24.0 Å². The van der Waals surface area contributed by atoms with Crippen LogP contribution in [-0.2, 0) is 0 Å². The predicted octanol–water partition coefficient (Wildman–Crippen LogP) is 1.90. The van der Waals surface area contributed by atoms with Gasteiger partial charge in [-0.15, -0.1) is 0 Å².